The molecule has 4 heteroatoms. The van der Waals surface area contributed by atoms with E-state index in [0.717, 1.165) is 17.9 Å². The third-order valence-electron chi connectivity index (χ3n) is 1.70. The number of rotatable bonds is 5. The predicted octanol–water partition coefficient (Wildman–Crippen LogP) is 3.35. The van der Waals surface area contributed by atoms with Crippen LogP contribution in [0, 0.1) is 5.41 Å². The number of unbranched alkanes of at least 4 members (excludes halogenated alkanes) is 1. The van der Waals surface area contributed by atoms with Gasteiger partial charge in [0.1, 0.15) is 5.03 Å². The molecule has 0 spiro atoms. The minimum absolute atomic E-state index is 0.535. The fourth-order valence-electron chi connectivity index (χ4n) is 1.01. The van der Waals surface area contributed by atoms with E-state index in [9.17, 15) is 0 Å². The molecular weight excluding hydrogens is 208 g/mol. The van der Waals surface area contributed by atoms with Crippen LogP contribution in [0.1, 0.15) is 26.7 Å². The molecule has 0 bridgehead atoms. The van der Waals surface area contributed by atoms with E-state index in [1.807, 2.05) is 18.2 Å². The van der Waals surface area contributed by atoms with Crippen LogP contribution in [0.3, 0.4) is 0 Å². The Bertz CT molecular complexity index is 328. The third kappa shape index (κ3) is 4.83. The molecule has 1 aromatic rings. The summed E-state index contributed by atoms with van der Waals surface area (Å²) in [5.41, 5.74) is 0. The van der Waals surface area contributed by atoms with Gasteiger partial charge in [-0.3, -0.25) is 5.41 Å². The summed E-state index contributed by atoms with van der Waals surface area (Å²) in [5.74, 6) is 0.648. The summed E-state index contributed by atoms with van der Waals surface area (Å²) in [6, 6.07) is 5.63. The lowest BCUT2D eigenvalue weighted by Gasteiger charge is -2.05. The lowest BCUT2D eigenvalue weighted by molar-refractivity contribution is 0.296. The zero-order valence-electron chi connectivity index (χ0n) is 9.12. The highest BCUT2D eigenvalue weighted by molar-refractivity contribution is 8.13. The fourth-order valence-corrected chi connectivity index (χ4v) is 1.61. The van der Waals surface area contributed by atoms with Gasteiger partial charge < -0.3 is 4.74 Å². The quantitative estimate of drug-likeness (QED) is 0.361. The molecule has 1 aromatic heterocycles. The van der Waals surface area contributed by atoms with Crippen LogP contribution in [-0.2, 0) is 0 Å². The molecule has 82 valence electrons. The second-order valence-electron chi connectivity index (χ2n) is 3.17. The van der Waals surface area contributed by atoms with E-state index in [2.05, 4.69) is 11.9 Å². The number of nitrogens with zero attached hydrogens (tertiary/aromatic N) is 1. The number of aromatic nitrogens is 1. The molecular formula is C11H16N2OS. The van der Waals surface area contributed by atoms with Crippen molar-refractivity contribution in [3.8, 4) is 5.88 Å². The van der Waals surface area contributed by atoms with Gasteiger partial charge in [0.15, 0.2) is 0 Å². The number of hydrogen-bond acceptors (Lipinski definition) is 4. The van der Waals surface area contributed by atoms with Gasteiger partial charge in [0.2, 0.25) is 5.88 Å². The van der Waals surface area contributed by atoms with Crippen LogP contribution in [-0.4, -0.2) is 16.6 Å². The number of nitrogens with one attached hydrogen (secondary N) is 1. The van der Waals surface area contributed by atoms with Crippen molar-refractivity contribution in [3.05, 3.63) is 18.2 Å². The highest BCUT2D eigenvalue weighted by Crippen LogP contribution is 2.19. The lowest BCUT2D eigenvalue weighted by atomic mass is 10.4. The van der Waals surface area contributed by atoms with Gasteiger partial charge in [-0.15, -0.1) is 0 Å². The van der Waals surface area contributed by atoms with Crippen LogP contribution in [0.25, 0.3) is 0 Å². The highest BCUT2D eigenvalue weighted by atomic mass is 32.2. The minimum Gasteiger partial charge on any atom is -0.478 e. The van der Waals surface area contributed by atoms with Gasteiger partial charge in [-0.05, 0) is 19.4 Å². The smallest absolute Gasteiger partial charge is 0.214 e. The fraction of sp³-hybridized carbons (Fsp3) is 0.455. The topological polar surface area (TPSA) is 46.0 Å². The molecule has 0 fully saturated rings. The van der Waals surface area contributed by atoms with Gasteiger partial charge >= 0.3 is 0 Å². The van der Waals surface area contributed by atoms with E-state index >= 15 is 0 Å². The van der Waals surface area contributed by atoms with Crippen LogP contribution in [0.4, 0.5) is 0 Å². The average molecular weight is 224 g/mol. The van der Waals surface area contributed by atoms with Crippen molar-refractivity contribution in [2.45, 2.75) is 31.7 Å². The highest BCUT2D eigenvalue weighted by Gasteiger charge is 2.00. The molecule has 0 aliphatic carbocycles. The predicted molar refractivity (Wildman–Crippen MR) is 63.9 cm³/mol. The minimum atomic E-state index is 0.535. The standard InChI is InChI=1S/C11H16N2OS/c1-3-4-8-14-10-6-5-7-11(13-10)15-9(2)12/h5-7,12H,3-4,8H2,1-2H3. The molecule has 1 heterocycles. The third-order valence-corrected chi connectivity index (χ3v) is 2.45. The first-order chi connectivity index (χ1) is 7.22. The molecule has 3 nitrogen and oxygen atoms in total. The van der Waals surface area contributed by atoms with E-state index in [1.165, 1.54) is 11.8 Å². The van der Waals surface area contributed by atoms with Gasteiger partial charge in [0.25, 0.3) is 0 Å². The maximum atomic E-state index is 7.35. The van der Waals surface area contributed by atoms with Crippen LogP contribution in [0.2, 0.25) is 0 Å². The Labute approximate surface area is 94.8 Å². The summed E-state index contributed by atoms with van der Waals surface area (Å²) in [7, 11) is 0. The molecule has 0 atom stereocenters. The maximum Gasteiger partial charge on any atom is 0.214 e. The van der Waals surface area contributed by atoms with Gasteiger partial charge in [-0.2, -0.15) is 0 Å². The molecule has 0 aliphatic heterocycles. The van der Waals surface area contributed by atoms with E-state index in [0.29, 0.717) is 17.5 Å². The normalized spacial score (nSPS) is 10.0. The zero-order chi connectivity index (χ0) is 11.1. The van der Waals surface area contributed by atoms with Crippen molar-refractivity contribution in [2.75, 3.05) is 6.61 Å². The summed E-state index contributed by atoms with van der Waals surface area (Å²) < 4.78 is 5.47. The van der Waals surface area contributed by atoms with Crippen molar-refractivity contribution in [1.29, 1.82) is 5.41 Å². The van der Waals surface area contributed by atoms with Crippen LogP contribution in [0.5, 0.6) is 5.88 Å². The van der Waals surface area contributed by atoms with Crippen molar-refractivity contribution in [3.63, 3.8) is 0 Å². The number of pyridine rings is 1. The Balaban J connectivity index is 2.53. The summed E-state index contributed by atoms with van der Waals surface area (Å²) in [5, 5.41) is 8.70. The Kier molecular flexibility index (Phi) is 5.18. The molecule has 0 radical (unpaired) electrons. The first kappa shape index (κ1) is 12.0. The average Bonchev–Trinajstić information content (AvgIpc) is 2.18. The Hall–Kier alpha value is -1.03. The van der Waals surface area contributed by atoms with Crippen LogP contribution in [0.15, 0.2) is 23.2 Å². The summed E-state index contributed by atoms with van der Waals surface area (Å²) in [6.07, 6.45) is 2.16. The molecule has 1 rings (SSSR count). The number of ether oxygens (including phenoxy) is 1. The molecule has 0 aliphatic rings. The zero-order valence-corrected chi connectivity index (χ0v) is 9.93. The van der Waals surface area contributed by atoms with E-state index < -0.39 is 0 Å². The Morgan fingerprint density at radius 1 is 1.53 bits per heavy atom. The van der Waals surface area contributed by atoms with Gasteiger partial charge in [-0.25, -0.2) is 4.98 Å². The second kappa shape index (κ2) is 6.45. The molecule has 0 amide bonds. The summed E-state index contributed by atoms with van der Waals surface area (Å²) >= 11 is 1.34. The van der Waals surface area contributed by atoms with Gasteiger partial charge in [0.05, 0.1) is 11.7 Å². The summed E-state index contributed by atoms with van der Waals surface area (Å²) in [6.45, 7) is 4.58. The lowest BCUT2D eigenvalue weighted by Crippen LogP contribution is -1.98. The number of hydrogen-bond donors (Lipinski definition) is 1. The van der Waals surface area contributed by atoms with Crippen LogP contribution < -0.4 is 4.74 Å². The largest absolute Gasteiger partial charge is 0.478 e. The molecule has 0 saturated heterocycles. The first-order valence-corrected chi connectivity index (χ1v) is 5.87. The number of thioether (sulfide) groups is 1. The first-order valence-electron chi connectivity index (χ1n) is 5.05. The van der Waals surface area contributed by atoms with Crippen molar-refractivity contribution in [2.24, 2.45) is 0 Å². The van der Waals surface area contributed by atoms with E-state index in [1.54, 1.807) is 6.92 Å². The Morgan fingerprint density at radius 3 is 3.00 bits per heavy atom. The Morgan fingerprint density at radius 2 is 2.33 bits per heavy atom. The molecule has 0 saturated carbocycles. The molecule has 1 N–H and O–H groups in total. The van der Waals surface area contributed by atoms with E-state index in [-0.39, 0.29) is 0 Å². The maximum absolute atomic E-state index is 7.35. The van der Waals surface area contributed by atoms with Gasteiger partial charge in [0, 0.05) is 6.07 Å². The van der Waals surface area contributed by atoms with Gasteiger partial charge in [-0.1, -0.05) is 31.2 Å². The second-order valence-corrected chi connectivity index (χ2v) is 4.41. The van der Waals surface area contributed by atoms with Crippen molar-refractivity contribution < 1.29 is 4.74 Å². The van der Waals surface area contributed by atoms with Crippen LogP contribution >= 0.6 is 11.8 Å². The molecule has 15 heavy (non-hydrogen) atoms. The van der Waals surface area contributed by atoms with Crippen molar-refractivity contribution >= 4 is 16.8 Å². The summed E-state index contributed by atoms with van der Waals surface area (Å²) in [4.78, 5) is 4.28. The van der Waals surface area contributed by atoms with E-state index in [4.69, 9.17) is 10.1 Å². The molecule has 0 unspecified atom stereocenters. The van der Waals surface area contributed by atoms with Crippen molar-refractivity contribution in [1.82, 2.24) is 4.98 Å². The molecule has 0 aromatic carbocycles. The SMILES string of the molecule is CCCCOc1cccc(SC(C)=N)n1. The monoisotopic (exact) mass is 224 g/mol.